The second kappa shape index (κ2) is 6.26. The van der Waals surface area contributed by atoms with Gasteiger partial charge in [0.1, 0.15) is 0 Å². The van der Waals surface area contributed by atoms with E-state index in [1.165, 1.54) is 57.8 Å². The highest BCUT2D eigenvalue weighted by Gasteiger charge is 2.80. The van der Waals surface area contributed by atoms with Crippen molar-refractivity contribution in [2.45, 2.75) is 103 Å². The Kier molecular flexibility index (Phi) is 4.27. The fraction of sp³-hybridized carbons (Fsp3) is 1.00. The molecule has 6 aliphatic rings. The molecular weight excluding hydrogens is 370 g/mol. The number of likely N-dealkylation sites (N-methyl/N-ethyl adjacent to an activating group) is 1. The van der Waals surface area contributed by atoms with Gasteiger partial charge in [-0.25, -0.2) is 0 Å². The van der Waals surface area contributed by atoms with Gasteiger partial charge in [-0.3, -0.25) is 0 Å². The molecule has 0 aromatic rings. The lowest BCUT2D eigenvalue weighted by atomic mass is 9.46. The van der Waals surface area contributed by atoms with E-state index in [0.29, 0.717) is 28.5 Å². The third kappa shape index (κ3) is 2.39. The van der Waals surface area contributed by atoms with Crippen molar-refractivity contribution in [1.29, 1.82) is 0 Å². The highest BCUT2D eigenvalue weighted by molar-refractivity contribution is 5.29. The van der Waals surface area contributed by atoms with E-state index in [0.717, 1.165) is 36.6 Å². The third-order valence-electron chi connectivity index (χ3n) is 12.2. The molecule has 5 saturated carbocycles. The van der Waals surface area contributed by atoms with Gasteiger partial charge in [0, 0.05) is 7.97 Å². The van der Waals surface area contributed by atoms with E-state index in [1.807, 2.05) is 0 Å². The molecule has 0 aromatic heterocycles. The lowest BCUT2D eigenvalue weighted by Gasteiger charge is -2.59. The van der Waals surface area contributed by atoms with Gasteiger partial charge in [0.05, 0.1) is 18.3 Å². The van der Waals surface area contributed by atoms with Crippen molar-refractivity contribution in [2.24, 2.45) is 45.3 Å². The molecule has 0 bridgehead atoms. The van der Waals surface area contributed by atoms with Crippen molar-refractivity contribution in [2.75, 3.05) is 20.6 Å². The van der Waals surface area contributed by atoms with Gasteiger partial charge in [-0.2, -0.15) is 0 Å². The minimum Gasteiger partial charge on any atom is -0.393 e. The number of hydrogen-bond acceptors (Lipinski definition) is 3. The van der Waals surface area contributed by atoms with E-state index in [4.69, 9.17) is 4.74 Å². The predicted molar refractivity (Wildman–Crippen MR) is 122 cm³/mol. The van der Waals surface area contributed by atoms with Crippen LogP contribution in [0, 0.1) is 45.3 Å². The Bertz CT molecular complexity index is 726. The van der Waals surface area contributed by atoms with Crippen molar-refractivity contribution in [1.82, 2.24) is 4.90 Å². The summed E-state index contributed by atoms with van der Waals surface area (Å²) < 4.78 is 6.78. The first-order valence-corrected chi connectivity index (χ1v) is 13.1. The lowest BCUT2D eigenvalue weighted by Crippen LogP contribution is -2.54. The average Bonchev–Trinajstić information content (AvgIpc) is 3.26. The largest absolute Gasteiger partial charge is 0.393 e. The molecule has 6 fully saturated rings. The van der Waals surface area contributed by atoms with Crippen LogP contribution in [0.2, 0.25) is 0 Å². The monoisotopic (exact) mass is 417 g/mol. The van der Waals surface area contributed by atoms with Gasteiger partial charge < -0.3 is 14.7 Å². The zero-order valence-corrected chi connectivity index (χ0v) is 20.1. The SMILES string of the molecule is CN(C)CC1CCC2C(CC3C4CCC5C(C)(C)[C@@H](O)CCC56C[C@@]46CCC23C)O1.[HH]. The van der Waals surface area contributed by atoms with Gasteiger partial charge in [0.15, 0.2) is 0 Å². The summed E-state index contributed by atoms with van der Waals surface area (Å²) in [6, 6.07) is 0. The molecule has 2 spiro atoms. The second-order valence-electron chi connectivity index (χ2n) is 13.7. The first kappa shape index (κ1) is 20.5. The Balaban J connectivity index is 0.00000204. The Morgan fingerprint density at radius 1 is 0.900 bits per heavy atom. The summed E-state index contributed by atoms with van der Waals surface area (Å²) in [5, 5.41) is 10.8. The van der Waals surface area contributed by atoms with Gasteiger partial charge in [-0.15, -0.1) is 0 Å². The molecule has 8 unspecified atom stereocenters. The fourth-order valence-corrected chi connectivity index (χ4v) is 10.9. The Labute approximate surface area is 185 Å². The third-order valence-corrected chi connectivity index (χ3v) is 12.2. The first-order valence-electron chi connectivity index (χ1n) is 13.1. The number of ether oxygens (including phenoxy) is 1. The minimum absolute atomic E-state index is 0. The van der Waals surface area contributed by atoms with E-state index in [-0.39, 0.29) is 12.9 Å². The van der Waals surface area contributed by atoms with Crippen molar-refractivity contribution in [3.8, 4) is 0 Å². The molecule has 3 nitrogen and oxygen atoms in total. The van der Waals surface area contributed by atoms with Crippen LogP contribution in [-0.2, 0) is 4.74 Å². The Morgan fingerprint density at radius 3 is 2.43 bits per heavy atom. The maximum atomic E-state index is 10.8. The van der Waals surface area contributed by atoms with Gasteiger partial charge >= 0.3 is 0 Å². The molecule has 1 N–H and O–H groups in total. The van der Waals surface area contributed by atoms with Crippen LogP contribution in [0.15, 0.2) is 0 Å². The van der Waals surface area contributed by atoms with Crippen LogP contribution in [0.5, 0.6) is 0 Å². The molecule has 172 valence electrons. The predicted octanol–water partition coefficient (Wildman–Crippen LogP) is 5.36. The normalized spacial score (nSPS) is 58.3. The van der Waals surface area contributed by atoms with Gasteiger partial charge in [-0.1, -0.05) is 20.8 Å². The average molecular weight is 418 g/mol. The van der Waals surface area contributed by atoms with Crippen molar-refractivity contribution in [3.63, 3.8) is 0 Å². The zero-order valence-electron chi connectivity index (χ0n) is 20.1. The Morgan fingerprint density at radius 2 is 1.67 bits per heavy atom. The van der Waals surface area contributed by atoms with Crippen molar-refractivity contribution >= 4 is 0 Å². The molecule has 5 aliphatic carbocycles. The number of fused-ring (bicyclic) bond motifs is 4. The molecule has 3 heteroatoms. The highest BCUT2D eigenvalue weighted by atomic mass is 16.5. The molecule has 0 amide bonds. The van der Waals surface area contributed by atoms with Crippen LogP contribution in [0.25, 0.3) is 0 Å². The van der Waals surface area contributed by atoms with Crippen LogP contribution in [0.4, 0.5) is 0 Å². The molecule has 1 aliphatic heterocycles. The molecule has 1 heterocycles. The number of aliphatic hydroxyl groups excluding tert-OH is 1. The van der Waals surface area contributed by atoms with Gasteiger partial charge in [0.2, 0.25) is 0 Å². The summed E-state index contributed by atoms with van der Waals surface area (Å²) in [7, 11) is 4.37. The molecule has 0 aromatic carbocycles. The number of nitrogens with zero attached hydrogens (tertiary/aromatic N) is 1. The second-order valence-corrected chi connectivity index (χ2v) is 13.7. The summed E-state index contributed by atoms with van der Waals surface area (Å²) in [5.41, 5.74) is 1.82. The highest BCUT2D eigenvalue weighted by Crippen LogP contribution is 2.87. The maximum Gasteiger partial charge on any atom is 0.0705 e. The van der Waals surface area contributed by atoms with Crippen molar-refractivity contribution < 1.29 is 11.3 Å². The topological polar surface area (TPSA) is 32.7 Å². The minimum atomic E-state index is -0.0902. The van der Waals surface area contributed by atoms with E-state index < -0.39 is 0 Å². The lowest BCUT2D eigenvalue weighted by molar-refractivity contribution is -0.135. The molecule has 6 rings (SSSR count). The summed E-state index contributed by atoms with van der Waals surface area (Å²) in [4.78, 5) is 2.30. The van der Waals surface area contributed by atoms with E-state index in [1.54, 1.807) is 0 Å². The van der Waals surface area contributed by atoms with Gasteiger partial charge in [0.25, 0.3) is 0 Å². The molecule has 1 saturated heterocycles. The summed E-state index contributed by atoms with van der Waals surface area (Å²) in [5.74, 6) is 3.36. The van der Waals surface area contributed by atoms with E-state index >= 15 is 0 Å². The number of rotatable bonds is 2. The van der Waals surface area contributed by atoms with Crippen LogP contribution in [-0.4, -0.2) is 49.0 Å². The van der Waals surface area contributed by atoms with Crippen LogP contribution in [0.1, 0.15) is 86.4 Å². The van der Waals surface area contributed by atoms with Crippen LogP contribution < -0.4 is 0 Å². The Hall–Kier alpha value is -0.120. The van der Waals surface area contributed by atoms with E-state index in [9.17, 15) is 5.11 Å². The first-order chi connectivity index (χ1) is 14.1. The molecular formula is C27H47NO2. The van der Waals surface area contributed by atoms with E-state index in [2.05, 4.69) is 39.8 Å². The van der Waals surface area contributed by atoms with Gasteiger partial charge in [-0.05, 0) is 124 Å². The van der Waals surface area contributed by atoms with Crippen LogP contribution >= 0.6 is 0 Å². The molecule has 30 heavy (non-hydrogen) atoms. The van der Waals surface area contributed by atoms with Crippen molar-refractivity contribution in [3.05, 3.63) is 0 Å². The maximum absolute atomic E-state index is 10.8. The zero-order chi connectivity index (χ0) is 21.1. The smallest absolute Gasteiger partial charge is 0.0705 e. The molecule has 10 atom stereocenters. The fourth-order valence-electron chi connectivity index (χ4n) is 10.9. The summed E-state index contributed by atoms with van der Waals surface area (Å²) in [6.45, 7) is 8.51. The number of aliphatic hydroxyl groups is 1. The standard InChI is InChI=1S/C27H45NO2.H2/c1-24(2)22-9-8-18-20-14-21-19(7-6-17(30-21)15-28(4)5)25(20,3)12-13-26(18)16-27(22,26)11-10-23(24)29;/h17-23,29H,6-16H2,1-5H3;1H/t17?,18?,19?,20?,21?,22?,23-,25?,26-,27?;/m0./s1. The molecule has 0 radical (unpaired) electrons. The summed E-state index contributed by atoms with van der Waals surface area (Å²) in [6.07, 6.45) is 14.4. The quantitative estimate of drug-likeness (QED) is 0.656. The summed E-state index contributed by atoms with van der Waals surface area (Å²) >= 11 is 0. The number of hydrogen-bond donors (Lipinski definition) is 1. The van der Waals surface area contributed by atoms with Crippen LogP contribution in [0.3, 0.4) is 0 Å².